The molecule has 2 fully saturated rings. The van der Waals surface area contributed by atoms with Crippen LogP contribution in [0.15, 0.2) is 0 Å². The number of hydrogen-bond donors (Lipinski definition) is 1. The van der Waals surface area contributed by atoms with Gasteiger partial charge in [0.15, 0.2) is 0 Å². The largest absolute Gasteiger partial charge is 0.401 e. The molecule has 0 aromatic heterocycles. The van der Waals surface area contributed by atoms with E-state index in [0.717, 1.165) is 13.0 Å². The maximum Gasteiger partial charge on any atom is 0.401 e. The van der Waals surface area contributed by atoms with Gasteiger partial charge in [-0.15, -0.1) is 0 Å². The number of hydrogen-bond acceptors (Lipinski definition) is 2. The fraction of sp³-hybridized carbons (Fsp3) is 1.00. The van der Waals surface area contributed by atoms with Crippen molar-refractivity contribution in [1.82, 2.24) is 10.2 Å². The minimum Gasteiger partial charge on any atom is -0.314 e. The van der Waals surface area contributed by atoms with Crippen molar-refractivity contribution < 1.29 is 13.2 Å². The molecule has 1 saturated heterocycles. The molecule has 1 saturated carbocycles. The van der Waals surface area contributed by atoms with Gasteiger partial charge in [0.25, 0.3) is 0 Å². The standard InChI is InChI=1S/C14H25F3N2/c1-13(2)5-3-12(7-13)18-8-11-4-6-19(9-11)10-14(15,16)17/h11-12,18H,3-10H2,1-2H3. The van der Waals surface area contributed by atoms with Crippen LogP contribution in [0.25, 0.3) is 0 Å². The Morgan fingerprint density at radius 3 is 2.58 bits per heavy atom. The second kappa shape index (κ2) is 5.60. The third kappa shape index (κ3) is 4.95. The molecule has 0 aromatic carbocycles. The van der Waals surface area contributed by atoms with Gasteiger partial charge in [-0.3, -0.25) is 4.90 Å². The van der Waals surface area contributed by atoms with Crippen LogP contribution in [-0.4, -0.2) is 43.3 Å². The Bertz CT molecular complexity index is 302. The Hall–Kier alpha value is -0.290. The van der Waals surface area contributed by atoms with E-state index in [0.29, 0.717) is 30.5 Å². The lowest BCUT2D eigenvalue weighted by Gasteiger charge is -2.20. The summed E-state index contributed by atoms with van der Waals surface area (Å²) in [7, 11) is 0. The molecular formula is C14H25F3N2. The van der Waals surface area contributed by atoms with E-state index in [-0.39, 0.29) is 0 Å². The summed E-state index contributed by atoms with van der Waals surface area (Å²) < 4.78 is 36.9. The number of halogens is 3. The highest BCUT2D eigenvalue weighted by Crippen LogP contribution is 2.37. The molecule has 5 heteroatoms. The first-order valence-corrected chi connectivity index (χ1v) is 7.26. The van der Waals surface area contributed by atoms with Crippen LogP contribution in [0.2, 0.25) is 0 Å². The molecule has 2 aliphatic rings. The summed E-state index contributed by atoms with van der Waals surface area (Å²) in [5, 5.41) is 3.55. The molecule has 112 valence electrons. The number of alkyl halides is 3. The molecule has 1 N–H and O–H groups in total. The first-order chi connectivity index (χ1) is 8.73. The zero-order chi connectivity index (χ0) is 14.1. The molecule has 0 amide bonds. The minimum atomic E-state index is -4.06. The van der Waals surface area contributed by atoms with Crippen molar-refractivity contribution in [2.24, 2.45) is 11.3 Å². The highest BCUT2D eigenvalue weighted by atomic mass is 19.4. The van der Waals surface area contributed by atoms with Gasteiger partial charge in [0.2, 0.25) is 0 Å². The fourth-order valence-corrected chi connectivity index (χ4v) is 3.42. The van der Waals surface area contributed by atoms with E-state index in [9.17, 15) is 13.2 Å². The molecular weight excluding hydrogens is 253 g/mol. The zero-order valence-electron chi connectivity index (χ0n) is 11.9. The fourth-order valence-electron chi connectivity index (χ4n) is 3.42. The molecule has 0 radical (unpaired) electrons. The van der Waals surface area contributed by atoms with Crippen LogP contribution in [0.1, 0.15) is 39.5 Å². The maximum atomic E-state index is 12.3. The summed E-state index contributed by atoms with van der Waals surface area (Å²) in [6.45, 7) is 5.87. The minimum absolute atomic E-state index is 0.381. The van der Waals surface area contributed by atoms with Gasteiger partial charge in [-0.1, -0.05) is 13.8 Å². The van der Waals surface area contributed by atoms with E-state index < -0.39 is 12.7 Å². The van der Waals surface area contributed by atoms with Crippen molar-refractivity contribution in [2.75, 3.05) is 26.2 Å². The molecule has 2 nitrogen and oxygen atoms in total. The van der Waals surface area contributed by atoms with E-state index in [2.05, 4.69) is 19.2 Å². The molecule has 2 atom stereocenters. The van der Waals surface area contributed by atoms with Crippen molar-refractivity contribution in [1.29, 1.82) is 0 Å². The van der Waals surface area contributed by atoms with Crippen molar-refractivity contribution in [3.8, 4) is 0 Å². The summed E-state index contributed by atoms with van der Waals surface area (Å²) in [5.41, 5.74) is 0.426. The summed E-state index contributed by atoms with van der Waals surface area (Å²) in [4.78, 5) is 1.53. The Balaban J connectivity index is 1.66. The highest BCUT2D eigenvalue weighted by molar-refractivity contribution is 4.88. The Morgan fingerprint density at radius 1 is 1.26 bits per heavy atom. The topological polar surface area (TPSA) is 15.3 Å². The third-order valence-corrected chi connectivity index (χ3v) is 4.44. The van der Waals surface area contributed by atoms with Gasteiger partial charge in [-0.2, -0.15) is 13.2 Å². The van der Waals surface area contributed by atoms with Crippen LogP contribution < -0.4 is 5.32 Å². The van der Waals surface area contributed by atoms with E-state index in [4.69, 9.17) is 0 Å². The van der Waals surface area contributed by atoms with Crippen molar-refractivity contribution >= 4 is 0 Å². The van der Waals surface area contributed by atoms with Gasteiger partial charge in [-0.05, 0) is 50.1 Å². The van der Waals surface area contributed by atoms with Gasteiger partial charge >= 0.3 is 6.18 Å². The third-order valence-electron chi connectivity index (χ3n) is 4.44. The molecule has 0 bridgehead atoms. The molecule has 1 aliphatic heterocycles. The van der Waals surface area contributed by atoms with E-state index >= 15 is 0 Å². The van der Waals surface area contributed by atoms with E-state index in [1.807, 2.05) is 0 Å². The Morgan fingerprint density at radius 2 is 2.00 bits per heavy atom. The summed E-state index contributed by atoms with van der Waals surface area (Å²) in [5.74, 6) is 0.381. The molecule has 2 rings (SSSR count). The van der Waals surface area contributed by atoms with Crippen LogP contribution in [0.3, 0.4) is 0 Å². The predicted molar refractivity (Wildman–Crippen MR) is 70.0 cm³/mol. The number of rotatable bonds is 4. The van der Waals surface area contributed by atoms with Crippen LogP contribution in [0.4, 0.5) is 13.2 Å². The maximum absolute atomic E-state index is 12.3. The summed E-state index contributed by atoms with van der Waals surface area (Å²) >= 11 is 0. The SMILES string of the molecule is CC1(C)CCC(NCC2CCN(CC(F)(F)F)C2)C1. The second-order valence-corrected chi connectivity index (χ2v) is 7.02. The monoisotopic (exact) mass is 278 g/mol. The normalized spacial score (nSPS) is 32.1. The Labute approximate surface area is 113 Å². The molecule has 2 unspecified atom stereocenters. The predicted octanol–water partition coefficient (Wildman–Crippen LogP) is 3.04. The van der Waals surface area contributed by atoms with E-state index in [1.54, 1.807) is 0 Å². The van der Waals surface area contributed by atoms with Crippen LogP contribution in [-0.2, 0) is 0 Å². The lowest BCUT2D eigenvalue weighted by Crippen LogP contribution is -2.35. The first-order valence-electron chi connectivity index (χ1n) is 7.26. The quantitative estimate of drug-likeness (QED) is 0.850. The van der Waals surface area contributed by atoms with Crippen LogP contribution in [0, 0.1) is 11.3 Å². The van der Waals surface area contributed by atoms with Crippen molar-refractivity contribution in [2.45, 2.75) is 51.7 Å². The van der Waals surface area contributed by atoms with Gasteiger partial charge in [0.1, 0.15) is 0 Å². The number of likely N-dealkylation sites (tertiary alicyclic amines) is 1. The number of nitrogens with zero attached hydrogens (tertiary/aromatic N) is 1. The average Bonchev–Trinajstić information content (AvgIpc) is 2.80. The van der Waals surface area contributed by atoms with Gasteiger partial charge in [0.05, 0.1) is 6.54 Å². The smallest absolute Gasteiger partial charge is 0.314 e. The number of nitrogens with one attached hydrogen (secondary N) is 1. The van der Waals surface area contributed by atoms with Crippen molar-refractivity contribution in [3.05, 3.63) is 0 Å². The Kier molecular flexibility index (Phi) is 4.45. The summed E-state index contributed by atoms with van der Waals surface area (Å²) in [6.07, 6.45) is 0.463. The molecule has 1 heterocycles. The summed E-state index contributed by atoms with van der Waals surface area (Å²) in [6, 6.07) is 0.562. The van der Waals surface area contributed by atoms with Gasteiger partial charge < -0.3 is 5.32 Å². The average molecular weight is 278 g/mol. The second-order valence-electron chi connectivity index (χ2n) is 7.02. The van der Waals surface area contributed by atoms with Gasteiger partial charge in [-0.25, -0.2) is 0 Å². The molecule has 1 aliphatic carbocycles. The lowest BCUT2D eigenvalue weighted by atomic mass is 9.92. The zero-order valence-corrected chi connectivity index (χ0v) is 11.9. The van der Waals surface area contributed by atoms with Crippen LogP contribution >= 0.6 is 0 Å². The van der Waals surface area contributed by atoms with Gasteiger partial charge in [0, 0.05) is 12.6 Å². The van der Waals surface area contributed by atoms with Crippen molar-refractivity contribution in [3.63, 3.8) is 0 Å². The molecule has 0 spiro atoms. The molecule has 19 heavy (non-hydrogen) atoms. The lowest BCUT2D eigenvalue weighted by molar-refractivity contribution is -0.143. The van der Waals surface area contributed by atoms with E-state index in [1.165, 1.54) is 24.2 Å². The highest BCUT2D eigenvalue weighted by Gasteiger charge is 2.35. The molecule has 0 aromatic rings. The first kappa shape index (κ1) is 15.1. The van der Waals surface area contributed by atoms with Crippen LogP contribution in [0.5, 0.6) is 0 Å².